The Morgan fingerprint density at radius 2 is 0.612 bits per heavy atom. The fourth-order valence-corrected chi connectivity index (χ4v) is 56.7. The van der Waals surface area contributed by atoms with Gasteiger partial charge in [0.15, 0.2) is 0 Å². The lowest BCUT2D eigenvalue weighted by Gasteiger charge is -2.63. The van der Waals surface area contributed by atoms with Crippen molar-refractivity contribution in [2.24, 2.45) is 0 Å². The van der Waals surface area contributed by atoms with E-state index in [-0.39, 0.29) is 5.97 Å². The maximum absolute atomic E-state index is 11.6. The van der Waals surface area contributed by atoms with Crippen LogP contribution in [0.3, 0.4) is 0 Å². The van der Waals surface area contributed by atoms with Gasteiger partial charge in [0.2, 0.25) is 0 Å². The van der Waals surface area contributed by atoms with Crippen LogP contribution in [-0.2, 0) is 58.9 Å². The van der Waals surface area contributed by atoms with Crippen LogP contribution in [0.2, 0.25) is 48.4 Å². The van der Waals surface area contributed by atoms with Gasteiger partial charge in [0.25, 0.3) is 0 Å². The predicted octanol–water partition coefficient (Wildman–Crippen LogP) is 6.98. The summed E-state index contributed by atoms with van der Waals surface area (Å²) < 4.78 is 91.6. The van der Waals surface area contributed by atoms with E-state index in [1.54, 1.807) is 0 Å². The standard InChI is InChI=1S/C27H60O14Si8/c1-9-29-27(28)25-23-21-19-17-18-20-22-24-26-49-39-46(14-6)33-43(11-3)30-42(10-2)31-44(12-4,35-46)37-48(16-8,41-49)38-45(13-5,32-42)36-47(15-7,34-43)40-49/h9-26H2,1-8H3. The van der Waals surface area contributed by atoms with Crippen molar-refractivity contribution >= 4 is 76.4 Å². The van der Waals surface area contributed by atoms with Gasteiger partial charge in [0.05, 0.1) is 6.61 Å². The summed E-state index contributed by atoms with van der Waals surface area (Å²) in [6, 6.07) is 3.69. The van der Waals surface area contributed by atoms with Crippen molar-refractivity contribution < 1.29 is 58.9 Å². The van der Waals surface area contributed by atoms with E-state index in [0.29, 0.717) is 61.4 Å². The third-order valence-corrected chi connectivity index (χ3v) is 46.6. The molecule has 8 bridgehead atoms. The molecule has 0 saturated carbocycles. The number of carbonyl (C=O) groups excluding carboxylic acids is 1. The third-order valence-electron chi connectivity index (χ3n) is 9.68. The molecule has 6 fully saturated rings. The second-order valence-corrected chi connectivity index (χ2v) is 39.5. The molecular weight excluding hydrogens is 773 g/mol. The number of unbranched alkanes of at least 4 members (excludes halogenated alkanes) is 7. The Morgan fingerprint density at radius 3 is 0.878 bits per heavy atom. The van der Waals surface area contributed by atoms with Crippen LogP contribution in [0.4, 0.5) is 0 Å². The van der Waals surface area contributed by atoms with Gasteiger partial charge in [0.1, 0.15) is 0 Å². The maximum Gasteiger partial charge on any atom is 0.478 e. The molecule has 22 heteroatoms. The second kappa shape index (κ2) is 16.2. The summed E-state index contributed by atoms with van der Waals surface area (Å²) in [5, 5.41) is 0. The fraction of sp³-hybridized carbons (Fsp3) is 0.963. The highest BCUT2D eigenvalue weighted by atomic mass is 28.6. The highest BCUT2D eigenvalue weighted by molar-refractivity contribution is 7.03. The number of hydrogen-bond acceptors (Lipinski definition) is 14. The summed E-state index contributed by atoms with van der Waals surface area (Å²) >= 11 is 0. The number of hydrogen-bond donors (Lipinski definition) is 0. The van der Waals surface area contributed by atoms with Crippen LogP contribution in [0.5, 0.6) is 0 Å². The second-order valence-electron chi connectivity index (χ2n) is 13.3. The average molecular weight is 833 g/mol. The molecule has 6 heterocycles. The van der Waals surface area contributed by atoms with Crippen LogP contribution in [0, 0.1) is 0 Å². The van der Waals surface area contributed by atoms with E-state index in [1.165, 1.54) is 0 Å². The highest BCUT2D eigenvalue weighted by Gasteiger charge is 2.81. The van der Waals surface area contributed by atoms with E-state index in [0.717, 1.165) is 51.4 Å². The number of carbonyl (C=O) groups is 1. The zero-order chi connectivity index (χ0) is 35.5. The van der Waals surface area contributed by atoms with Gasteiger partial charge < -0.3 is 54.1 Å². The van der Waals surface area contributed by atoms with Crippen molar-refractivity contribution in [1.29, 1.82) is 0 Å². The van der Waals surface area contributed by atoms with E-state index < -0.39 is 70.4 Å². The third kappa shape index (κ3) is 8.68. The molecule has 0 aromatic carbocycles. The lowest BCUT2D eigenvalue weighted by molar-refractivity contribution is -0.143. The minimum absolute atomic E-state index is 0.102. The van der Waals surface area contributed by atoms with Gasteiger partial charge in [-0.1, -0.05) is 87.0 Å². The van der Waals surface area contributed by atoms with Crippen LogP contribution in [0.25, 0.3) is 0 Å². The topological polar surface area (TPSA) is 137 Å². The van der Waals surface area contributed by atoms with E-state index in [2.05, 4.69) is 0 Å². The summed E-state index contributed by atoms with van der Waals surface area (Å²) in [6.45, 7) is 16.3. The molecule has 284 valence electrons. The highest BCUT2D eigenvalue weighted by Crippen LogP contribution is 2.53. The molecular formula is C27H60O14Si8. The van der Waals surface area contributed by atoms with Crippen molar-refractivity contribution in [1.82, 2.24) is 0 Å². The first-order valence-corrected chi connectivity index (χ1v) is 34.4. The molecule has 6 aliphatic heterocycles. The zero-order valence-electron chi connectivity index (χ0n) is 30.9. The molecule has 0 spiro atoms. The lowest BCUT2D eigenvalue weighted by atomic mass is 10.1. The molecule has 6 aliphatic rings. The van der Waals surface area contributed by atoms with Crippen molar-refractivity contribution in [3.63, 3.8) is 0 Å². The summed E-state index contributed by atoms with van der Waals surface area (Å²) in [4.78, 5) is 11.6. The zero-order valence-corrected chi connectivity index (χ0v) is 38.9. The lowest BCUT2D eigenvalue weighted by Crippen LogP contribution is -2.88. The van der Waals surface area contributed by atoms with Gasteiger partial charge in [-0.25, -0.2) is 0 Å². The van der Waals surface area contributed by atoms with Crippen molar-refractivity contribution in [3.05, 3.63) is 0 Å². The van der Waals surface area contributed by atoms with Crippen LogP contribution in [0.1, 0.15) is 113 Å². The number of rotatable bonds is 19. The molecule has 0 aliphatic carbocycles. The SMILES string of the molecule is CCOC(=O)CCCCCCCCCC[Si]12O[Si]3(CC)O[Si]4(CC)O[Si]5(CC)O[Si](CC)(O3)O[Si](CC)(O[Si](CC)(O5)O[Si](CC)(O4)O1)O2. The van der Waals surface area contributed by atoms with E-state index in [4.69, 9.17) is 54.1 Å². The van der Waals surface area contributed by atoms with Crippen molar-refractivity contribution in [3.8, 4) is 0 Å². The molecule has 0 atom stereocenters. The first-order chi connectivity index (χ1) is 23.4. The summed E-state index contributed by atoms with van der Waals surface area (Å²) in [7, 11) is -29.1. The van der Waals surface area contributed by atoms with Crippen molar-refractivity contribution in [2.45, 2.75) is 162 Å². The molecule has 0 aromatic heterocycles. The number of esters is 1. The molecule has 0 amide bonds. The molecule has 0 unspecified atom stereocenters. The van der Waals surface area contributed by atoms with Crippen LogP contribution < -0.4 is 0 Å². The van der Waals surface area contributed by atoms with E-state index >= 15 is 0 Å². The van der Waals surface area contributed by atoms with E-state index in [9.17, 15) is 4.79 Å². The van der Waals surface area contributed by atoms with Gasteiger partial charge in [-0.15, -0.1) is 0 Å². The van der Waals surface area contributed by atoms with Gasteiger partial charge in [-0.2, -0.15) is 0 Å². The molecule has 0 N–H and O–H groups in total. The Kier molecular flexibility index (Phi) is 13.5. The fourth-order valence-electron chi connectivity index (χ4n) is 6.92. The minimum atomic E-state index is -3.70. The Labute approximate surface area is 302 Å². The van der Waals surface area contributed by atoms with Crippen molar-refractivity contribution in [2.75, 3.05) is 6.61 Å². The molecule has 0 aromatic rings. The normalized spacial score (nSPS) is 42.7. The monoisotopic (exact) mass is 832 g/mol. The molecule has 6 saturated heterocycles. The maximum atomic E-state index is 11.6. The van der Waals surface area contributed by atoms with Gasteiger partial charge in [-0.05, 0) is 19.8 Å². The van der Waals surface area contributed by atoms with Gasteiger partial charge in [-0.3, -0.25) is 4.79 Å². The molecule has 49 heavy (non-hydrogen) atoms. The Balaban J connectivity index is 1.44. The summed E-state index contributed by atoms with van der Waals surface area (Å²) in [5.41, 5.74) is 0. The predicted molar refractivity (Wildman–Crippen MR) is 195 cm³/mol. The van der Waals surface area contributed by atoms with E-state index in [1.807, 2.05) is 55.4 Å². The first kappa shape index (κ1) is 40.9. The van der Waals surface area contributed by atoms with Crippen LogP contribution in [-0.4, -0.2) is 83.0 Å². The number of ether oxygens (including phenoxy) is 1. The Bertz CT molecular complexity index is 1020. The van der Waals surface area contributed by atoms with Gasteiger partial charge >= 0.3 is 76.4 Å². The van der Waals surface area contributed by atoms with Gasteiger partial charge in [0, 0.05) is 54.8 Å². The Morgan fingerprint density at radius 1 is 0.367 bits per heavy atom. The molecule has 14 nitrogen and oxygen atoms in total. The Hall–Kier alpha value is 0.725. The summed E-state index contributed by atoms with van der Waals surface area (Å²) in [6.07, 6.45) is 8.64. The van der Waals surface area contributed by atoms with Crippen LogP contribution in [0.15, 0.2) is 0 Å². The van der Waals surface area contributed by atoms with Crippen LogP contribution >= 0.6 is 0 Å². The first-order valence-electron chi connectivity index (χ1n) is 18.9. The summed E-state index contributed by atoms with van der Waals surface area (Å²) in [5.74, 6) is -0.102. The molecule has 0 radical (unpaired) electrons. The smallest absolute Gasteiger partial charge is 0.466 e. The minimum Gasteiger partial charge on any atom is -0.466 e. The molecule has 6 rings (SSSR count). The quantitative estimate of drug-likeness (QED) is 0.0752. The average Bonchev–Trinajstić information content (AvgIpc) is 3.05. The largest absolute Gasteiger partial charge is 0.478 e.